The van der Waals surface area contributed by atoms with Crippen LogP contribution in [0.3, 0.4) is 0 Å². The van der Waals surface area contributed by atoms with E-state index >= 15 is 0 Å². The molecule has 5 heteroatoms. The molecule has 0 spiro atoms. The number of rotatable bonds is 4. The van der Waals surface area contributed by atoms with Crippen LogP contribution in [0.1, 0.15) is 11.7 Å². The second-order valence-corrected chi connectivity index (χ2v) is 4.24. The van der Waals surface area contributed by atoms with Crippen molar-refractivity contribution in [3.05, 3.63) is 48.3 Å². The van der Waals surface area contributed by atoms with Gasteiger partial charge in [-0.25, -0.2) is 9.37 Å². The van der Waals surface area contributed by atoms with Gasteiger partial charge < -0.3 is 15.2 Å². The van der Waals surface area contributed by atoms with Crippen LogP contribution in [0.5, 0.6) is 0 Å². The van der Waals surface area contributed by atoms with Crippen molar-refractivity contribution in [1.82, 2.24) is 9.55 Å². The van der Waals surface area contributed by atoms with Gasteiger partial charge in [-0.1, -0.05) is 12.1 Å². The minimum atomic E-state index is -0.249. The summed E-state index contributed by atoms with van der Waals surface area (Å²) >= 11 is 0. The molecule has 0 bridgehead atoms. The average Bonchev–Trinajstić information content (AvgIpc) is 2.77. The summed E-state index contributed by atoms with van der Waals surface area (Å²) in [6.45, 7) is 0.393. The van der Waals surface area contributed by atoms with E-state index in [2.05, 4.69) is 4.98 Å². The van der Waals surface area contributed by atoms with E-state index in [9.17, 15) is 4.39 Å². The number of anilines is 1. The molecular formula is C13H17FN4. The zero-order valence-corrected chi connectivity index (χ0v) is 10.5. The molecule has 0 saturated carbocycles. The molecule has 1 heterocycles. The van der Waals surface area contributed by atoms with Crippen molar-refractivity contribution in [2.45, 2.75) is 6.04 Å². The molecule has 2 N–H and O–H groups in total. The number of aryl methyl sites for hydroxylation is 1. The number of likely N-dealkylation sites (N-methyl/N-ethyl adjacent to an activating group) is 1. The first-order valence-corrected chi connectivity index (χ1v) is 5.78. The maximum Gasteiger partial charge on any atom is 0.146 e. The van der Waals surface area contributed by atoms with Gasteiger partial charge >= 0.3 is 0 Å². The molecular weight excluding hydrogens is 231 g/mol. The fourth-order valence-electron chi connectivity index (χ4n) is 2.07. The van der Waals surface area contributed by atoms with Crippen LogP contribution in [0.4, 0.5) is 10.1 Å². The molecule has 1 unspecified atom stereocenters. The molecule has 1 aromatic carbocycles. The molecule has 1 aromatic heterocycles. The van der Waals surface area contributed by atoms with Crippen LogP contribution in [0.25, 0.3) is 0 Å². The smallest absolute Gasteiger partial charge is 0.146 e. The Bertz CT molecular complexity index is 523. The Hall–Kier alpha value is -1.88. The lowest BCUT2D eigenvalue weighted by Gasteiger charge is -2.29. The SMILES string of the molecule is CN(c1ccccc1F)C(CN)c1cncn1C. The number of nitrogens with two attached hydrogens (primary N) is 1. The Morgan fingerprint density at radius 3 is 2.72 bits per heavy atom. The number of hydrogen-bond acceptors (Lipinski definition) is 3. The number of para-hydroxylation sites is 1. The van der Waals surface area contributed by atoms with E-state index in [0.717, 1.165) is 5.69 Å². The van der Waals surface area contributed by atoms with Gasteiger partial charge in [-0.3, -0.25) is 0 Å². The fourth-order valence-corrected chi connectivity index (χ4v) is 2.07. The van der Waals surface area contributed by atoms with Crippen molar-refractivity contribution in [3.8, 4) is 0 Å². The normalized spacial score (nSPS) is 12.4. The van der Waals surface area contributed by atoms with Gasteiger partial charge in [0.05, 0.1) is 29.9 Å². The van der Waals surface area contributed by atoms with Crippen molar-refractivity contribution in [3.63, 3.8) is 0 Å². The van der Waals surface area contributed by atoms with Crippen LogP contribution in [0, 0.1) is 5.82 Å². The molecule has 2 rings (SSSR count). The van der Waals surface area contributed by atoms with E-state index in [1.807, 2.05) is 29.6 Å². The van der Waals surface area contributed by atoms with Crippen molar-refractivity contribution in [2.75, 3.05) is 18.5 Å². The second-order valence-electron chi connectivity index (χ2n) is 4.24. The van der Waals surface area contributed by atoms with Gasteiger partial charge in [0.25, 0.3) is 0 Å². The molecule has 4 nitrogen and oxygen atoms in total. The Morgan fingerprint density at radius 1 is 1.44 bits per heavy atom. The molecule has 18 heavy (non-hydrogen) atoms. The molecule has 0 aliphatic carbocycles. The Kier molecular flexibility index (Phi) is 3.62. The maximum absolute atomic E-state index is 13.8. The lowest BCUT2D eigenvalue weighted by molar-refractivity contribution is 0.588. The summed E-state index contributed by atoms with van der Waals surface area (Å²) in [7, 11) is 3.74. The zero-order valence-electron chi connectivity index (χ0n) is 10.5. The molecule has 96 valence electrons. The van der Waals surface area contributed by atoms with Crippen LogP contribution < -0.4 is 10.6 Å². The summed E-state index contributed by atoms with van der Waals surface area (Å²) in [5, 5.41) is 0. The summed E-state index contributed by atoms with van der Waals surface area (Å²) in [4.78, 5) is 5.92. The third-order valence-electron chi connectivity index (χ3n) is 3.12. The quantitative estimate of drug-likeness (QED) is 0.895. The van der Waals surface area contributed by atoms with Gasteiger partial charge in [-0.2, -0.15) is 0 Å². The van der Waals surface area contributed by atoms with Gasteiger partial charge in [-0.05, 0) is 12.1 Å². The molecule has 0 fully saturated rings. The van der Waals surface area contributed by atoms with Crippen LogP contribution in [0.15, 0.2) is 36.8 Å². The standard InChI is InChI=1S/C13H17FN4/c1-17-9-16-8-13(17)12(7-15)18(2)11-6-4-3-5-10(11)14/h3-6,8-9,12H,7,15H2,1-2H3. The average molecular weight is 248 g/mol. The summed E-state index contributed by atoms with van der Waals surface area (Å²) in [6.07, 6.45) is 3.47. The van der Waals surface area contributed by atoms with Crippen molar-refractivity contribution < 1.29 is 4.39 Å². The zero-order chi connectivity index (χ0) is 13.1. The first kappa shape index (κ1) is 12.6. The maximum atomic E-state index is 13.8. The van der Waals surface area contributed by atoms with Gasteiger partial charge in [-0.15, -0.1) is 0 Å². The van der Waals surface area contributed by atoms with E-state index < -0.39 is 0 Å². The third-order valence-corrected chi connectivity index (χ3v) is 3.12. The monoisotopic (exact) mass is 248 g/mol. The minimum absolute atomic E-state index is 0.102. The summed E-state index contributed by atoms with van der Waals surface area (Å²) in [6, 6.07) is 6.58. The third kappa shape index (κ3) is 2.22. The lowest BCUT2D eigenvalue weighted by atomic mass is 10.1. The topological polar surface area (TPSA) is 47.1 Å². The molecule has 2 aromatic rings. The number of benzene rings is 1. The predicted octanol–water partition coefficient (Wildman–Crippen LogP) is 1.70. The Morgan fingerprint density at radius 2 is 2.17 bits per heavy atom. The highest BCUT2D eigenvalue weighted by Crippen LogP contribution is 2.26. The Labute approximate surface area is 106 Å². The van der Waals surface area contributed by atoms with Gasteiger partial charge in [0.2, 0.25) is 0 Å². The summed E-state index contributed by atoms with van der Waals surface area (Å²) in [5.74, 6) is -0.249. The van der Waals surface area contributed by atoms with Crippen LogP contribution >= 0.6 is 0 Å². The van der Waals surface area contributed by atoms with E-state index in [4.69, 9.17) is 5.73 Å². The lowest BCUT2D eigenvalue weighted by Crippen LogP contribution is -2.32. The predicted molar refractivity (Wildman–Crippen MR) is 69.8 cm³/mol. The van der Waals surface area contributed by atoms with Crippen molar-refractivity contribution in [1.29, 1.82) is 0 Å². The van der Waals surface area contributed by atoms with Crippen LogP contribution in [-0.2, 0) is 7.05 Å². The number of aromatic nitrogens is 2. The summed E-state index contributed by atoms with van der Waals surface area (Å²) in [5.41, 5.74) is 7.31. The number of imidazole rings is 1. The Balaban J connectivity index is 2.35. The highest BCUT2D eigenvalue weighted by atomic mass is 19.1. The fraction of sp³-hybridized carbons (Fsp3) is 0.308. The van der Waals surface area contributed by atoms with Crippen molar-refractivity contribution in [2.24, 2.45) is 12.8 Å². The highest BCUT2D eigenvalue weighted by molar-refractivity contribution is 5.48. The molecule has 0 saturated heterocycles. The molecule has 0 amide bonds. The highest BCUT2D eigenvalue weighted by Gasteiger charge is 2.20. The molecule has 0 aliphatic rings. The number of hydrogen-bond donors (Lipinski definition) is 1. The van der Waals surface area contributed by atoms with E-state index in [1.54, 1.807) is 24.7 Å². The van der Waals surface area contributed by atoms with E-state index in [1.165, 1.54) is 6.07 Å². The molecule has 1 atom stereocenters. The first-order chi connectivity index (χ1) is 8.65. The second kappa shape index (κ2) is 5.18. The van der Waals surface area contributed by atoms with Crippen LogP contribution in [0.2, 0.25) is 0 Å². The van der Waals surface area contributed by atoms with Crippen LogP contribution in [-0.4, -0.2) is 23.1 Å². The largest absolute Gasteiger partial charge is 0.362 e. The van der Waals surface area contributed by atoms with E-state index in [0.29, 0.717) is 12.2 Å². The van der Waals surface area contributed by atoms with Gasteiger partial charge in [0.1, 0.15) is 5.82 Å². The summed E-state index contributed by atoms with van der Waals surface area (Å²) < 4.78 is 15.7. The van der Waals surface area contributed by atoms with E-state index in [-0.39, 0.29) is 11.9 Å². The number of nitrogens with zero attached hydrogens (tertiary/aromatic N) is 3. The first-order valence-electron chi connectivity index (χ1n) is 5.78. The van der Waals surface area contributed by atoms with Gasteiger partial charge in [0, 0.05) is 20.6 Å². The molecule has 0 radical (unpaired) electrons. The number of halogens is 1. The minimum Gasteiger partial charge on any atom is -0.362 e. The van der Waals surface area contributed by atoms with Crippen molar-refractivity contribution >= 4 is 5.69 Å². The van der Waals surface area contributed by atoms with Gasteiger partial charge in [0.15, 0.2) is 0 Å². The molecule has 0 aliphatic heterocycles.